The first-order valence-electron chi connectivity index (χ1n) is 4.82. The highest BCUT2D eigenvalue weighted by Gasteiger charge is 2.00. The average Bonchev–Trinajstić information content (AvgIpc) is 2.18. The second kappa shape index (κ2) is 6.46. The summed E-state index contributed by atoms with van der Waals surface area (Å²) in [6.07, 6.45) is 3.57. The Morgan fingerprint density at radius 3 is 2.71 bits per heavy atom. The van der Waals surface area contributed by atoms with Crippen molar-refractivity contribution in [2.75, 3.05) is 6.61 Å². The molecule has 0 aliphatic rings. The van der Waals surface area contributed by atoms with Crippen LogP contribution in [0.15, 0.2) is 27.1 Å². The van der Waals surface area contributed by atoms with E-state index in [-0.39, 0.29) is 0 Å². The summed E-state index contributed by atoms with van der Waals surface area (Å²) >= 11 is 6.87. The average molecular weight is 322 g/mol. The normalized spacial score (nSPS) is 10.2. The Kier molecular flexibility index (Phi) is 5.56. The van der Waals surface area contributed by atoms with Gasteiger partial charge in [0, 0.05) is 4.47 Å². The number of benzene rings is 1. The van der Waals surface area contributed by atoms with Gasteiger partial charge in [-0.3, -0.25) is 0 Å². The van der Waals surface area contributed by atoms with E-state index in [1.54, 1.807) is 0 Å². The third kappa shape index (κ3) is 4.01. The number of ether oxygens (including phenoxy) is 1. The lowest BCUT2D eigenvalue weighted by Gasteiger charge is -2.07. The van der Waals surface area contributed by atoms with E-state index >= 15 is 0 Å². The fourth-order valence-electron chi connectivity index (χ4n) is 1.12. The van der Waals surface area contributed by atoms with Crippen LogP contribution in [0.1, 0.15) is 26.2 Å². The molecule has 0 aliphatic carbocycles. The predicted molar refractivity (Wildman–Crippen MR) is 66.9 cm³/mol. The number of rotatable bonds is 5. The smallest absolute Gasteiger partial charge is 0.134 e. The van der Waals surface area contributed by atoms with Crippen molar-refractivity contribution in [2.45, 2.75) is 26.2 Å². The first-order valence-corrected chi connectivity index (χ1v) is 6.40. The monoisotopic (exact) mass is 320 g/mol. The summed E-state index contributed by atoms with van der Waals surface area (Å²) in [5.41, 5.74) is 0. The molecular formula is C11H14Br2O. The molecule has 1 nitrogen and oxygen atoms in total. The molecule has 1 aromatic carbocycles. The van der Waals surface area contributed by atoms with Gasteiger partial charge in [-0.25, -0.2) is 0 Å². The molecule has 1 rings (SSSR count). The van der Waals surface area contributed by atoms with Crippen molar-refractivity contribution in [1.82, 2.24) is 0 Å². The van der Waals surface area contributed by atoms with Crippen molar-refractivity contribution in [2.24, 2.45) is 0 Å². The van der Waals surface area contributed by atoms with Crippen molar-refractivity contribution in [3.63, 3.8) is 0 Å². The largest absolute Gasteiger partial charge is 0.492 e. The molecule has 3 heteroatoms. The van der Waals surface area contributed by atoms with Crippen LogP contribution in [0.5, 0.6) is 5.75 Å². The van der Waals surface area contributed by atoms with Gasteiger partial charge in [0.25, 0.3) is 0 Å². The maximum atomic E-state index is 5.64. The fraction of sp³-hybridized carbons (Fsp3) is 0.455. The van der Waals surface area contributed by atoms with Gasteiger partial charge in [-0.2, -0.15) is 0 Å². The van der Waals surface area contributed by atoms with E-state index in [1.807, 2.05) is 18.2 Å². The van der Waals surface area contributed by atoms with E-state index in [4.69, 9.17) is 4.74 Å². The van der Waals surface area contributed by atoms with Crippen LogP contribution >= 0.6 is 31.9 Å². The lowest BCUT2D eigenvalue weighted by molar-refractivity contribution is 0.304. The zero-order chi connectivity index (χ0) is 10.4. The van der Waals surface area contributed by atoms with Crippen LogP contribution in [0, 0.1) is 0 Å². The molecule has 0 atom stereocenters. The van der Waals surface area contributed by atoms with Crippen molar-refractivity contribution in [3.8, 4) is 5.75 Å². The van der Waals surface area contributed by atoms with Crippen LogP contribution in [0.4, 0.5) is 0 Å². The Bertz CT molecular complexity index is 287. The van der Waals surface area contributed by atoms with E-state index in [1.165, 1.54) is 12.8 Å². The highest BCUT2D eigenvalue weighted by Crippen LogP contribution is 2.28. The molecule has 0 unspecified atom stereocenters. The van der Waals surface area contributed by atoms with Gasteiger partial charge < -0.3 is 4.74 Å². The summed E-state index contributed by atoms with van der Waals surface area (Å²) in [5.74, 6) is 0.912. The Balaban J connectivity index is 2.45. The molecule has 0 saturated heterocycles. The van der Waals surface area contributed by atoms with E-state index in [9.17, 15) is 0 Å². The number of halogens is 2. The summed E-state index contributed by atoms with van der Waals surface area (Å²) < 4.78 is 7.70. The standard InChI is InChI=1S/C11H14Br2O/c1-2-3-4-7-14-11-8-9(12)5-6-10(11)13/h5-6,8H,2-4,7H2,1H3. The third-order valence-electron chi connectivity index (χ3n) is 1.90. The topological polar surface area (TPSA) is 9.23 Å². The highest BCUT2D eigenvalue weighted by atomic mass is 79.9. The van der Waals surface area contributed by atoms with Crippen molar-refractivity contribution >= 4 is 31.9 Å². The zero-order valence-electron chi connectivity index (χ0n) is 8.22. The quantitative estimate of drug-likeness (QED) is 0.709. The van der Waals surface area contributed by atoms with Crippen LogP contribution in [0.25, 0.3) is 0 Å². The maximum absolute atomic E-state index is 5.64. The highest BCUT2D eigenvalue weighted by molar-refractivity contribution is 9.11. The molecule has 78 valence electrons. The predicted octanol–water partition coefficient (Wildman–Crippen LogP) is 4.78. The van der Waals surface area contributed by atoms with Gasteiger partial charge in [-0.05, 0) is 40.5 Å². The van der Waals surface area contributed by atoms with Gasteiger partial charge in [0.2, 0.25) is 0 Å². The van der Waals surface area contributed by atoms with Gasteiger partial charge in [0.05, 0.1) is 11.1 Å². The number of hydrogen-bond donors (Lipinski definition) is 0. The molecule has 1 aromatic rings. The molecule has 0 N–H and O–H groups in total. The molecule has 0 radical (unpaired) electrons. The van der Waals surface area contributed by atoms with Gasteiger partial charge in [-0.15, -0.1) is 0 Å². The van der Waals surface area contributed by atoms with Crippen LogP contribution < -0.4 is 4.74 Å². The summed E-state index contributed by atoms with van der Waals surface area (Å²) in [6.45, 7) is 2.98. The van der Waals surface area contributed by atoms with Gasteiger partial charge in [-0.1, -0.05) is 35.7 Å². The molecular weight excluding hydrogens is 308 g/mol. The molecule has 0 fully saturated rings. The van der Waals surface area contributed by atoms with Crippen LogP contribution in [0.2, 0.25) is 0 Å². The van der Waals surface area contributed by atoms with Crippen molar-refractivity contribution in [1.29, 1.82) is 0 Å². The third-order valence-corrected chi connectivity index (χ3v) is 3.05. The number of hydrogen-bond acceptors (Lipinski definition) is 1. The Labute approximate surface area is 102 Å². The van der Waals surface area contributed by atoms with Gasteiger partial charge >= 0.3 is 0 Å². The second-order valence-corrected chi connectivity index (χ2v) is 4.90. The van der Waals surface area contributed by atoms with Gasteiger partial charge in [0.15, 0.2) is 0 Å². The Morgan fingerprint density at radius 1 is 1.21 bits per heavy atom. The molecule has 0 amide bonds. The lowest BCUT2D eigenvalue weighted by atomic mass is 10.3. The molecule has 0 bridgehead atoms. The molecule has 0 spiro atoms. The van der Waals surface area contributed by atoms with Crippen molar-refractivity contribution < 1.29 is 4.74 Å². The number of unbranched alkanes of at least 4 members (excludes halogenated alkanes) is 2. The SMILES string of the molecule is CCCCCOc1cc(Br)ccc1Br. The summed E-state index contributed by atoms with van der Waals surface area (Å²) in [6, 6.07) is 5.96. The van der Waals surface area contributed by atoms with Crippen molar-refractivity contribution in [3.05, 3.63) is 27.1 Å². The van der Waals surface area contributed by atoms with Crippen LogP contribution in [0.3, 0.4) is 0 Å². The Morgan fingerprint density at radius 2 is 2.00 bits per heavy atom. The molecule has 0 saturated carbocycles. The maximum Gasteiger partial charge on any atom is 0.134 e. The molecule has 0 aliphatic heterocycles. The minimum absolute atomic E-state index is 0.795. The first-order chi connectivity index (χ1) is 6.74. The molecule has 14 heavy (non-hydrogen) atoms. The van der Waals surface area contributed by atoms with E-state index in [2.05, 4.69) is 38.8 Å². The minimum Gasteiger partial charge on any atom is -0.492 e. The second-order valence-electron chi connectivity index (χ2n) is 3.13. The molecule has 0 aromatic heterocycles. The summed E-state index contributed by atoms with van der Waals surface area (Å²) in [5, 5.41) is 0. The van der Waals surface area contributed by atoms with Crippen LogP contribution in [-0.2, 0) is 0 Å². The lowest BCUT2D eigenvalue weighted by Crippen LogP contribution is -1.97. The molecule has 0 heterocycles. The zero-order valence-corrected chi connectivity index (χ0v) is 11.4. The first kappa shape index (κ1) is 12.1. The van der Waals surface area contributed by atoms with E-state index in [0.717, 1.165) is 27.7 Å². The Hall–Kier alpha value is -0.0200. The van der Waals surface area contributed by atoms with E-state index < -0.39 is 0 Å². The minimum atomic E-state index is 0.795. The summed E-state index contributed by atoms with van der Waals surface area (Å²) in [4.78, 5) is 0. The fourth-order valence-corrected chi connectivity index (χ4v) is 1.82. The van der Waals surface area contributed by atoms with E-state index in [0.29, 0.717) is 0 Å². The summed E-state index contributed by atoms with van der Waals surface area (Å²) in [7, 11) is 0. The van der Waals surface area contributed by atoms with Gasteiger partial charge in [0.1, 0.15) is 5.75 Å². The van der Waals surface area contributed by atoms with Crippen LogP contribution in [-0.4, -0.2) is 6.61 Å².